The van der Waals surface area contributed by atoms with Crippen LogP contribution in [-0.4, -0.2) is 18.2 Å². The van der Waals surface area contributed by atoms with Crippen LogP contribution in [0.1, 0.15) is 10.4 Å². The highest BCUT2D eigenvalue weighted by Gasteiger charge is 2.21. The summed E-state index contributed by atoms with van der Waals surface area (Å²) < 4.78 is 11.2. The predicted molar refractivity (Wildman–Crippen MR) is 98.1 cm³/mol. The van der Waals surface area contributed by atoms with Gasteiger partial charge in [-0.05, 0) is 35.9 Å². The fourth-order valence-electron chi connectivity index (χ4n) is 3.16. The van der Waals surface area contributed by atoms with Crippen LogP contribution in [0.4, 0.5) is 0 Å². The van der Waals surface area contributed by atoms with E-state index < -0.39 is 5.97 Å². The molecule has 1 aliphatic heterocycles. The molecule has 2 aliphatic rings. The Labute approximate surface area is 148 Å². The minimum Gasteiger partial charge on any atom is -0.497 e. The molecule has 0 radical (unpaired) electrons. The smallest absolute Gasteiger partial charge is 0.336 e. The van der Waals surface area contributed by atoms with E-state index in [9.17, 15) is 14.7 Å². The Morgan fingerprint density at radius 1 is 1.00 bits per heavy atom. The maximum absolute atomic E-state index is 11.8. The van der Waals surface area contributed by atoms with Crippen molar-refractivity contribution in [3.8, 4) is 28.2 Å². The summed E-state index contributed by atoms with van der Waals surface area (Å²) in [7, 11) is 1.55. The zero-order valence-electron chi connectivity index (χ0n) is 13.9. The van der Waals surface area contributed by atoms with E-state index >= 15 is 0 Å². The molecule has 5 heteroatoms. The molecule has 0 atom stereocenters. The topological polar surface area (TPSA) is 76.7 Å². The minimum absolute atomic E-state index is 0.180. The fraction of sp³-hybridized carbons (Fsp3) is 0.0476. The standard InChI is InChI=1S/C21H14O5/c1-25-13-7-9-17-19(11-13)26-18-10-12(22)6-8-16(18)20(17)14-4-2-3-5-15(14)21(23)24/h2-11H,1H3,(H,23,24). The van der Waals surface area contributed by atoms with E-state index in [2.05, 4.69) is 0 Å². The number of hydrogen-bond donors (Lipinski definition) is 1. The molecule has 2 aromatic carbocycles. The number of methoxy groups -OCH3 is 1. The second-order valence-corrected chi connectivity index (χ2v) is 5.85. The van der Waals surface area contributed by atoms with Crippen LogP contribution in [0.2, 0.25) is 0 Å². The van der Waals surface area contributed by atoms with Crippen molar-refractivity contribution < 1.29 is 19.1 Å². The van der Waals surface area contributed by atoms with E-state index in [1.807, 2.05) is 6.07 Å². The van der Waals surface area contributed by atoms with Gasteiger partial charge in [0, 0.05) is 28.6 Å². The van der Waals surface area contributed by atoms with Gasteiger partial charge in [0.05, 0.1) is 12.7 Å². The molecule has 1 heterocycles. The molecule has 0 spiro atoms. The molecule has 2 aromatic rings. The molecular formula is C21H14O5. The summed E-state index contributed by atoms with van der Waals surface area (Å²) in [6.45, 7) is 0. The highest BCUT2D eigenvalue weighted by Crippen LogP contribution is 2.41. The van der Waals surface area contributed by atoms with Crippen molar-refractivity contribution in [1.82, 2.24) is 0 Å². The number of carbonyl (C=O) groups is 1. The first kappa shape index (κ1) is 15.9. The van der Waals surface area contributed by atoms with Crippen molar-refractivity contribution >= 4 is 16.9 Å². The molecule has 0 amide bonds. The number of benzene rings is 3. The summed E-state index contributed by atoms with van der Waals surface area (Å²) in [5.41, 5.74) is 2.47. The van der Waals surface area contributed by atoms with Crippen molar-refractivity contribution in [2.24, 2.45) is 0 Å². The molecule has 26 heavy (non-hydrogen) atoms. The van der Waals surface area contributed by atoms with Gasteiger partial charge in [0.25, 0.3) is 0 Å². The van der Waals surface area contributed by atoms with Crippen LogP contribution >= 0.6 is 0 Å². The number of carboxylic acid groups (broad SMARTS) is 1. The minimum atomic E-state index is -1.02. The fourth-order valence-corrected chi connectivity index (χ4v) is 3.16. The average Bonchev–Trinajstić information content (AvgIpc) is 2.65. The van der Waals surface area contributed by atoms with E-state index in [0.717, 1.165) is 5.39 Å². The lowest BCUT2D eigenvalue weighted by atomic mass is 9.91. The maximum Gasteiger partial charge on any atom is 0.336 e. The third-order valence-corrected chi connectivity index (χ3v) is 4.33. The molecule has 0 fully saturated rings. The van der Waals surface area contributed by atoms with Gasteiger partial charge >= 0.3 is 5.97 Å². The van der Waals surface area contributed by atoms with Crippen LogP contribution in [0, 0.1) is 0 Å². The first-order valence-corrected chi connectivity index (χ1v) is 7.96. The summed E-state index contributed by atoms with van der Waals surface area (Å²) in [5, 5.41) is 10.3. The van der Waals surface area contributed by atoms with Crippen LogP contribution in [0.5, 0.6) is 5.75 Å². The van der Waals surface area contributed by atoms with Crippen molar-refractivity contribution in [2.45, 2.75) is 0 Å². The molecule has 1 N–H and O–H groups in total. The van der Waals surface area contributed by atoms with E-state index in [1.54, 1.807) is 49.6 Å². The molecule has 0 unspecified atom stereocenters. The number of carboxylic acids is 1. The summed E-state index contributed by atoms with van der Waals surface area (Å²) in [6.07, 6.45) is 0. The lowest BCUT2D eigenvalue weighted by molar-refractivity contribution is 0.0697. The average molecular weight is 346 g/mol. The molecule has 0 bridgehead atoms. The Hall–Kier alpha value is -3.60. The van der Waals surface area contributed by atoms with Gasteiger partial charge in [0.15, 0.2) is 5.43 Å². The van der Waals surface area contributed by atoms with Gasteiger partial charge in [0.2, 0.25) is 0 Å². The van der Waals surface area contributed by atoms with Gasteiger partial charge in [-0.15, -0.1) is 0 Å². The molecule has 0 saturated heterocycles. The summed E-state index contributed by atoms with van der Waals surface area (Å²) in [4.78, 5) is 23.5. The van der Waals surface area contributed by atoms with Gasteiger partial charge in [-0.25, -0.2) is 4.79 Å². The molecule has 4 rings (SSSR count). The number of hydrogen-bond acceptors (Lipinski definition) is 4. The van der Waals surface area contributed by atoms with Gasteiger partial charge in [-0.2, -0.15) is 0 Å². The SMILES string of the molecule is COc1ccc2c(-c3ccccc3C(=O)O)c3ccc(=O)cc-3oc2c1. The summed E-state index contributed by atoms with van der Waals surface area (Å²) in [5.74, 6) is -0.0126. The number of ether oxygens (including phenoxy) is 1. The number of fused-ring (bicyclic) bond motifs is 2. The zero-order valence-corrected chi connectivity index (χ0v) is 13.9. The predicted octanol–water partition coefficient (Wildman–Crippen LogP) is 4.27. The Balaban J connectivity index is 2.19. The Bertz CT molecular complexity index is 1170. The first-order valence-electron chi connectivity index (χ1n) is 7.96. The lowest BCUT2D eigenvalue weighted by Crippen LogP contribution is -2.03. The van der Waals surface area contributed by atoms with Crippen LogP contribution in [0.25, 0.3) is 33.4 Å². The maximum atomic E-state index is 11.8. The lowest BCUT2D eigenvalue weighted by Gasteiger charge is -2.16. The largest absolute Gasteiger partial charge is 0.497 e. The van der Waals surface area contributed by atoms with Crippen LogP contribution in [-0.2, 0) is 0 Å². The van der Waals surface area contributed by atoms with Gasteiger partial charge in [-0.1, -0.05) is 18.2 Å². The van der Waals surface area contributed by atoms with Gasteiger partial charge in [0.1, 0.15) is 17.1 Å². The quantitative estimate of drug-likeness (QED) is 0.561. The number of rotatable bonds is 3. The molecule has 0 saturated carbocycles. The zero-order chi connectivity index (χ0) is 18.3. The van der Waals surface area contributed by atoms with Crippen molar-refractivity contribution in [3.63, 3.8) is 0 Å². The van der Waals surface area contributed by atoms with Gasteiger partial charge in [-0.3, -0.25) is 4.79 Å². The first-order chi connectivity index (χ1) is 12.6. The van der Waals surface area contributed by atoms with E-state index in [4.69, 9.17) is 9.15 Å². The normalized spacial score (nSPS) is 11.0. The summed E-state index contributed by atoms with van der Waals surface area (Å²) in [6, 6.07) is 16.6. The third-order valence-electron chi connectivity index (χ3n) is 4.33. The Kier molecular flexibility index (Phi) is 3.69. The highest BCUT2D eigenvalue weighted by atomic mass is 16.5. The second-order valence-electron chi connectivity index (χ2n) is 5.85. The molecule has 128 valence electrons. The van der Waals surface area contributed by atoms with Gasteiger partial charge < -0.3 is 14.3 Å². The monoisotopic (exact) mass is 346 g/mol. The molecule has 1 aliphatic carbocycles. The second kappa shape index (κ2) is 6.04. The van der Waals surface area contributed by atoms with Crippen LogP contribution in [0.3, 0.4) is 0 Å². The van der Waals surface area contributed by atoms with E-state index in [1.165, 1.54) is 12.1 Å². The molecule has 5 nitrogen and oxygen atoms in total. The van der Waals surface area contributed by atoms with Crippen molar-refractivity contribution in [3.05, 3.63) is 76.5 Å². The molecule has 0 aromatic heterocycles. The van der Waals surface area contributed by atoms with E-state index in [0.29, 0.717) is 33.8 Å². The summed E-state index contributed by atoms with van der Waals surface area (Å²) >= 11 is 0. The van der Waals surface area contributed by atoms with Crippen molar-refractivity contribution in [2.75, 3.05) is 7.11 Å². The van der Waals surface area contributed by atoms with Crippen LogP contribution in [0.15, 0.2) is 69.9 Å². The van der Waals surface area contributed by atoms with Crippen LogP contribution < -0.4 is 10.2 Å². The highest BCUT2D eigenvalue weighted by molar-refractivity contribution is 6.07. The molecular weight excluding hydrogens is 332 g/mol. The Morgan fingerprint density at radius 2 is 1.81 bits per heavy atom. The van der Waals surface area contributed by atoms with Crippen molar-refractivity contribution in [1.29, 1.82) is 0 Å². The number of aromatic carboxylic acids is 1. The third kappa shape index (κ3) is 2.50. The van der Waals surface area contributed by atoms with E-state index in [-0.39, 0.29) is 11.0 Å². The Morgan fingerprint density at radius 3 is 2.58 bits per heavy atom.